The zero-order valence-electron chi connectivity index (χ0n) is 24.9. The predicted molar refractivity (Wildman–Crippen MR) is 159 cm³/mol. The summed E-state index contributed by atoms with van der Waals surface area (Å²) in [4.78, 5) is 27.9. The third kappa shape index (κ3) is 9.34. The molecule has 1 aliphatic heterocycles. The average molecular weight is 553 g/mol. The summed E-state index contributed by atoms with van der Waals surface area (Å²) in [6, 6.07) is 15.1. The number of nitrogens with zero attached hydrogens (tertiary/aromatic N) is 1. The van der Waals surface area contributed by atoms with Gasteiger partial charge in [0, 0.05) is 37.0 Å². The number of Topliss-reactive ketones (excluding diaryl/α,β-unsaturated/α-hetero) is 1. The van der Waals surface area contributed by atoms with E-state index in [4.69, 9.17) is 9.47 Å². The monoisotopic (exact) mass is 552 g/mol. The number of benzene rings is 2. The standard InChI is InChI=1S/C33H48N2O5/c1-6-27-17-12-24(4)35(27)22-30(33(38)26-15-20-29(21-16-26)40-23(2)3)34-32(37)11-9-7-8-10-31(36)25-13-18-28(39-5)19-14-25/h13-16,18-21,23-24,27,30,33,38H,6-12,17,22H2,1-5H3,(H,34,37)/t24?,27?,30-,33-/m1/s1. The van der Waals surface area contributed by atoms with Crippen molar-refractivity contribution in [1.82, 2.24) is 10.2 Å². The minimum Gasteiger partial charge on any atom is -0.497 e. The molecule has 1 fully saturated rings. The Hall–Kier alpha value is -2.90. The number of carbonyl (C=O) groups is 2. The maximum Gasteiger partial charge on any atom is 0.220 e. The molecule has 40 heavy (non-hydrogen) atoms. The van der Waals surface area contributed by atoms with Crippen molar-refractivity contribution in [1.29, 1.82) is 0 Å². The summed E-state index contributed by atoms with van der Waals surface area (Å²) in [5.41, 5.74) is 1.44. The van der Waals surface area contributed by atoms with Crippen molar-refractivity contribution in [3.8, 4) is 11.5 Å². The van der Waals surface area contributed by atoms with Gasteiger partial charge in [0.25, 0.3) is 0 Å². The molecule has 2 N–H and O–H groups in total. The molecule has 0 bridgehead atoms. The third-order valence-corrected chi connectivity index (χ3v) is 7.87. The van der Waals surface area contributed by atoms with Gasteiger partial charge in [-0.2, -0.15) is 0 Å². The van der Waals surface area contributed by atoms with Crippen LogP contribution in [0.5, 0.6) is 11.5 Å². The van der Waals surface area contributed by atoms with Crippen LogP contribution in [0.2, 0.25) is 0 Å². The molecule has 1 saturated heterocycles. The molecule has 0 aromatic heterocycles. The highest BCUT2D eigenvalue weighted by Gasteiger charge is 2.34. The Labute approximate surface area is 240 Å². The molecule has 4 atom stereocenters. The lowest BCUT2D eigenvalue weighted by Crippen LogP contribution is -2.50. The van der Waals surface area contributed by atoms with E-state index in [1.807, 2.05) is 38.1 Å². The fourth-order valence-electron chi connectivity index (χ4n) is 5.54. The molecular formula is C33H48N2O5. The van der Waals surface area contributed by atoms with Gasteiger partial charge in [0.1, 0.15) is 17.6 Å². The molecule has 7 nitrogen and oxygen atoms in total. The normalized spacial score (nSPS) is 18.9. The van der Waals surface area contributed by atoms with Crippen molar-refractivity contribution in [2.75, 3.05) is 13.7 Å². The molecule has 7 heteroatoms. The molecule has 1 aliphatic rings. The van der Waals surface area contributed by atoms with Crippen LogP contribution in [0.15, 0.2) is 48.5 Å². The number of hydrogen-bond acceptors (Lipinski definition) is 6. The molecule has 0 radical (unpaired) electrons. The molecule has 2 unspecified atom stereocenters. The number of amides is 1. The summed E-state index contributed by atoms with van der Waals surface area (Å²) >= 11 is 0. The van der Waals surface area contributed by atoms with Gasteiger partial charge in [-0.25, -0.2) is 0 Å². The number of ketones is 1. The van der Waals surface area contributed by atoms with Gasteiger partial charge in [-0.1, -0.05) is 25.5 Å². The number of rotatable bonds is 16. The highest BCUT2D eigenvalue weighted by molar-refractivity contribution is 5.96. The Bertz CT molecular complexity index is 1050. The van der Waals surface area contributed by atoms with E-state index in [0.717, 1.165) is 49.2 Å². The zero-order chi connectivity index (χ0) is 29.1. The Morgan fingerprint density at radius 3 is 2.25 bits per heavy atom. The molecule has 0 aliphatic carbocycles. The van der Waals surface area contributed by atoms with E-state index in [-0.39, 0.29) is 17.8 Å². The second-order valence-electron chi connectivity index (χ2n) is 11.3. The molecule has 220 valence electrons. The van der Waals surface area contributed by atoms with Gasteiger partial charge in [0.05, 0.1) is 19.3 Å². The van der Waals surface area contributed by atoms with Crippen LogP contribution in [-0.2, 0) is 4.79 Å². The number of hydrogen-bond donors (Lipinski definition) is 2. The maximum absolute atomic E-state index is 13.0. The second kappa shape index (κ2) is 15.8. The van der Waals surface area contributed by atoms with Gasteiger partial charge in [-0.3, -0.25) is 14.5 Å². The fraction of sp³-hybridized carbons (Fsp3) is 0.576. The second-order valence-corrected chi connectivity index (χ2v) is 11.3. The summed E-state index contributed by atoms with van der Waals surface area (Å²) in [5.74, 6) is 1.53. The molecule has 0 saturated carbocycles. The van der Waals surface area contributed by atoms with Crippen LogP contribution in [0.25, 0.3) is 0 Å². The van der Waals surface area contributed by atoms with Crippen molar-refractivity contribution in [3.63, 3.8) is 0 Å². The van der Waals surface area contributed by atoms with Gasteiger partial charge >= 0.3 is 0 Å². The summed E-state index contributed by atoms with van der Waals surface area (Å²) in [7, 11) is 1.60. The van der Waals surface area contributed by atoms with E-state index < -0.39 is 12.1 Å². The third-order valence-electron chi connectivity index (χ3n) is 7.87. The number of carbonyl (C=O) groups excluding carboxylic acids is 2. The van der Waals surface area contributed by atoms with E-state index in [0.29, 0.717) is 43.5 Å². The quantitative estimate of drug-likeness (QED) is 0.193. The van der Waals surface area contributed by atoms with Crippen molar-refractivity contribution < 1.29 is 24.2 Å². The molecule has 1 amide bonds. The number of nitrogens with one attached hydrogen (secondary N) is 1. The lowest BCUT2D eigenvalue weighted by molar-refractivity contribution is -0.123. The fourth-order valence-corrected chi connectivity index (χ4v) is 5.54. The lowest BCUT2D eigenvalue weighted by Gasteiger charge is -2.34. The minimum absolute atomic E-state index is 0.0646. The zero-order valence-corrected chi connectivity index (χ0v) is 24.9. The van der Waals surface area contributed by atoms with Crippen LogP contribution in [0.3, 0.4) is 0 Å². The van der Waals surface area contributed by atoms with Gasteiger partial charge in [-0.05, 0) is 94.8 Å². The molecule has 3 rings (SSSR count). The number of aliphatic hydroxyl groups is 1. The number of ether oxygens (including phenoxy) is 2. The largest absolute Gasteiger partial charge is 0.497 e. The minimum atomic E-state index is -0.829. The first-order valence-corrected chi connectivity index (χ1v) is 14.9. The van der Waals surface area contributed by atoms with Gasteiger partial charge in [-0.15, -0.1) is 0 Å². The highest BCUT2D eigenvalue weighted by Crippen LogP contribution is 2.29. The summed E-state index contributed by atoms with van der Waals surface area (Å²) < 4.78 is 10.9. The molecular weight excluding hydrogens is 504 g/mol. The Morgan fingerprint density at radius 1 is 0.975 bits per heavy atom. The van der Waals surface area contributed by atoms with Crippen molar-refractivity contribution >= 4 is 11.7 Å². The van der Waals surface area contributed by atoms with E-state index in [2.05, 4.69) is 24.1 Å². The van der Waals surface area contributed by atoms with Crippen LogP contribution >= 0.6 is 0 Å². The van der Waals surface area contributed by atoms with E-state index >= 15 is 0 Å². The molecule has 2 aromatic rings. The lowest BCUT2D eigenvalue weighted by atomic mass is 10.00. The molecule has 2 aromatic carbocycles. The summed E-state index contributed by atoms with van der Waals surface area (Å²) in [6.07, 6.45) is 5.62. The van der Waals surface area contributed by atoms with Crippen LogP contribution < -0.4 is 14.8 Å². The first kappa shape index (κ1) is 31.6. The van der Waals surface area contributed by atoms with Crippen LogP contribution in [-0.4, -0.2) is 59.6 Å². The first-order chi connectivity index (χ1) is 19.2. The smallest absolute Gasteiger partial charge is 0.220 e. The van der Waals surface area contributed by atoms with Gasteiger partial charge in [0.2, 0.25) is 5.91 Å². The SMILES string of the molecule is CCC1CCC(C)N1C[C@@H](NC(=O)CCCCCC(=O)c1ccc(OC)cc1)[C@H](O)c1ccc(OC(C)C)cc1. The van der Waals surface area contributed by atoms with Crippen molar-refractivity contribution in [2.45, 2.75) is 109 Å². The highest BCUT2D eigenvalue weighted by atomic mass is 16.5. The van der Waals surface area contributed by atoms with E-state index in [1.54, 1.807) is 31.4 Å². The maximum atomic E-state index is 13.0. The number of likely N-dealkylation sites (tertiary alicyclic amines) is 1. The predicted octanol–water partition coefficient (Wildman–Crippen LogP) is 6.10. The topological polar surface area (TPSA) is 88.1 Å². The Kier molecular flexibility index (Phi) is 12.5. The summed E-state index contributed by atoms with van der Waals surface area (Å²) in [6.45, 7) is 8.99. The Morgan fingerprint density at radius 2 is 1.62 bits per heavy atom. The summed E-state index contributed by atoms with van der Waals surface area (Å²) in [5, 5.41) is 14.5. The molecule has 1 heterocycles. The van der Waals surface area contributed by atoms with Gasteiger partial charge < -0.3 is 19.9 Å². The van der Waals surface area contributed by atoms with Crippen molar-refractivity contribution in [3.05, 3.63) is 59.7 Å². The first-order valence-electron chi connectivity index (χ1n) is 14.9. The van der Waals surface area contributed by atoms with Crippen LogP contribution in [0, 0.1) is 0 Å². The van der Waals surface area contributed by atoms with E-state index in [1.165, 1.54) is 0 Å². The Balaban J connectivity index is 1.54. The average Bonchev–Trinajstić information content (AvgIpc) is 3.30. The number of aliphatic hydroxyl groups excluding tert-OH is 1. The van der Waals surface area contributed by atoms with E-state index in [9.17, 15) is 14.7 Å². The van der Waals surface area contributed by atoms with Gasteiger partial charge in [0.15, 0.2) is 5.78 Å². The van der Waals surface area contributed by atoms with Crippen molar-refractivity contribution in [2.24, 2.45) is 0 Å². The number of methoxy groups -OCH3 is 1. The number of unbranched alkanes of at least 4 members (excludes halogenated alkanes) is 2. The van der Waals surface area contributed by atoms with Crippen LogP contribution in [0.4, 0.5) is 0 Å². The van der Waals surface area contributed by atoms with Crippen LogP contribution in [0.1, 0.15) is 101 Å². The molecule has 0 spiro atoms.